The highest BCUT2D eigenvalue weighted by Gasteiger charge is 2.01. The maximum atomic E-state index is 8.70. The quantitative estimate of drug-likeness (QED) is 0.751. The van der Waals surface area contributed by atoms with E-state index in [4.69, 9.17) is 16.9 Å². The number of nitrogens with zero attached hydrogens (tertiary/aromatic N) is 1. The van der Waals surface area contributed by atoms with Crippen molar-refractivity contribution in [2.45, 2.75) is 0 Å². The maximum absolute atomic E-state index is 8.70. The molecule has 0 N–H and O–H groups in total. The van der Waals surface area contributed by atoms with Gasteiger partial charge in [-0.25, -0.2) is 0 Å². The summed E-state index contributed by atoms with van der Waals surface area (Å²) in [5.74, 6) is 0. The number of rotatable bonds is 1. The summed E-state index contributed by atoms with van der Waals surface area (Å²) >= 11 is 9.37. The van der Waals surface area contributed by atoms with E-state index in [9.17, 15) is 0 Å². The fraction of sp³-hybridized carbons (Fsp3) is 0. The van der Waals surface area contributed by atoms with Gasteiger partial charge in [-0.1, -0.05) is 29.8 Å². The largest absolute Gasteiger partial charge is 0.192 e. The Hall–Kier alpha value is -1.30. The molecule has 0 aliphatic rings. The Morgan fingerprint density at radius 3 is 2.19 bits per heavy atom. The molecule has 1 nitrogen and oxygen atoms in total. The molecule has 0 heterocycles. The van der Waals surface area contributed by atoms with Crippen molar-refractivity contribution in [1.82, 2.24) is 0 Å². The van der Waals surface area contributed by atoms with E-state index in [1.54, 1.807) is 12.1 Å². The molecule has 0 fully saturated rings. The van der Waals surface area contributed by atoms with Crippen LogP contribution in [-0.4, -0.2) is 0 Å². The van der Waals surface area contributed by atoms with Crippen LogP contribution in [0.5, 0.6) is 0 Å². The Kier molecular flexibility index (Phi) is 3.28. The molecule has 0 aliphatic heterocycles. The molecule has 0 saturated carbocycles. The average Bonchev–Trinajstić information content (AvgIpc) is 2.33. The Bertz CT molecular complexity index is 555. The molecule has 0 aliphatic carbocycles. The molecule has 0 aromatic heterocycles. The molecule has 78 valence electrons. The second-order valence-corrected chi connectivity index (χ2v) is 4.58. The molecule has 0 spiro atoms. The van der Waals surface area contributed by atoms with E-state index in [1.165, 1.54) is 0 Å². The molecule has 2 rings (SSSR count). The van der Waals surface area contributed by atoms with Gasteiger partial charge in [0.05, 0.1) is 16.7 Å². The van der Waals surface area contributed by atoms with E-state index in [2.05, 4.69) is 22.0 Å². The lowest BCUT2D eigenvalue weighted by Gasteiger charge is -2.03. The molecule has 0 atom stereocenters. The summed E-state index contributed by atoms with van der Waals surface area (Å²) in [6.45, 7) is 0. The van der Waals surface area contributed by atoms with Gasteiger partial charge in [-0.15, -0.1) is 0 Å². The molecule has 0 unspecified atom stereocenters. The highest BCUT2D eigenvalue weighted by Crippen LogP contribution is 2.28. The number of halogens is 2. The summed E-state index contributed by atoms with van der Waals surface area (Å²) in [6.07, 6.45) is 0. The van der Waals surface area contributed by atoms with Crippen molar-refractivity contribution in [1.29, 1.82) is 5.26 Å². The zero-order chi connectivity index (χ0) is 11.5. The summed E-state index contributed by atoms with van der Waals surface area (Å²) in [6, 6.07) is 15.3. The molecule has 16 heavy (non-hydrogen) atoms. The number of benzene rings is 2. The Morgan fingerprint density at radius 1 is 1.00 bits per heavy atom. The molecule has 0 amide bonds. The van der Waals surface area contributed by atoms with E-state index >= 15 is 0 Å². The topological polar surface area (TPSA) is 23.8 Å². The SMILES string of the molecule is N#Cc1ccc(-c2ccc(Br)c(Cl)c2)cc1. The minimum absolute atomic E-state index is 0.659. The van der Waals surface area contributed by atoms with Crippen molar-refractivity contribution < 1.29 is 0 Å². The van der Waals surface area contributed by atoms with Gasteiger partial charge in [-0.05, 0) is 51.3 Å². The van der Waals surface area contributed by atoms with Crippen molar-refractivity contribution in [3.8, 4) is 17.2 Å². The third kappa shape index (κ3) is 2.27. The van der Waals surface area contributed by atoms with E-state index in [1.807, 2.05) is 30.3 Å². The Balaban J connectivity index is 2.43. The van der Waals surface area contributed by atoms with E-state index in [0.29, 0.717) is 10.6 Å². The molecular weight excluding hydrogens is 286 g/mol. The molecule has 0 saturated heterocycles. The second kappa shape index (κ2) is 4.69. The van der Waals surface area contributed by atoms with Gasteiger partial charge in [0.1, 0.15) is 0 Å². The fourth-order valence-electron chi connectivity index (χ4n) is 1.41. The summed E-state index contributed by atoms with van der Waals surface area (Å²) in [5.41, 5.74) is 2.75. The third-order valence-electron chi connectivity index (χ3n) is 2.27. The normalized spacial score (nSPS) is 9.81. The van der Waals surface area contributed by atoms with Gasteiger partial charge >= 0.3 is 0 Å². The average molecular weight is 293 g/mol. The smallest absolute Gasteiger partial charge is 0.0991 e. The van der Waals surface area contributed by atoms with Crippen LogP contribution in [-0.2, 0) is 0 Å². The monoisotopic (exact) mass is 291 g/mol. The van der Waals surface area contributed by atoms with E-state index in [-0.39, 0.29) is 0 Å². The molecule has 2 aromatic rings. The van der Waals surface area contributed by atoms with Crippen molar-refractivity contribution >= 4 is 27.5 Å². The van der Waals surface area contributed by atoms with Gasteiger partial charge in [0.2, 0.25) is 0 Å². The number of hydrogen-bond acceptors (Lipinski definition) is 1. The zero-order valence-electron chi connectivity index (χ0n) is 8.24. The maximum Gasteiger partial charge on any atom is 0.0991 e. The molecule has 0 bridgehead atoms. The highest BCUT2D eigenvalue weighted by atomic mass is 79.9. The Morgan fingerprint density at radius 2 is 1.62 bits per heavy atom. The molecular formula is C13H7BrClN. The highest BCUT2D eigenvalue weighted by molar-refractivity contribution is 9.10. The lowest BCUT2D eigenvalue weighted by Crippen LogP contribution is -1.79. The predicted octanol–water partition coefficient (Wildman–Crippen LogP) is 4.64. The van der Waals surface area contributed by atoms with Crippen LogP contribution >= 0.6 is 27.5 Å². The van der Waals surface area contributed by atoms with Crippen molar-refractivity contribution in [2.75, 3.05) is 0 Å². The van der Waals surface area contributed by atoms with Crippen LogP contribution in [0.2, 0.25) is 5.02 Å². The lowest BCUT2D eigenvalue weighted by atomic mass is 10.0. The van der Waals surface area contributed by atoms with Gasteiger partial charge in [0, 0.05) is 4.47 Å². The van der Waals surface area contributed by atoms with Crippen molar-refractivity contribution in [3.63, 3.8) is 0 Å². The minimum atomic E-state index is 0.659. The first-order valence-corrected chi connectivity index (χ1v) is 5.83. The first-order valence-electron chi connectivity index (χ1n) is 4.66. The van der Waals surface area contributed by atoms with E-state index < -0.39 is 0 Å². The lowest BCUT2D eigenvalue weighted by molar-refractivity contribution is 1.48. The van der Waals surface area contributed by atoms with Crippen molar-refractivity contribution in [2.24, 2.45) is 0 Å². The van der Waals surface area contributed by atoms with Crippen LogP contribution in [0.15, 0.2) is 46.9 Å². The van der Waals surface area contributed by atoms with Crippen LogP contribution in [0.1, 0.15) is 5.56 Å². The van der Waals surface area contributed by atoms with Gasteiger partial charge in [-0.2, -0.15) is 5.26 Å². The van der Waals surface area contributed by atoms with Crippen LogP contribution < -0.4 is 0 Å². The van der Waals surface area contributed by atoms with E-state index in [0.717, 1.165) is 15.6 Å². The van der Waals surface area contributed by atoms with Crippen LogP contribution in [0, 0.1) is 11.3 Å². The molecule has 0 radical (unpaired) electrons. The van der Waals surface area contributed by atoms with Crippen LogP contribution in [0.3, 0.4) is 0 Å². The van der Waals surface area contributed by atoms with Crippen molar-refractivity contribution in [3.05, 3.63) is 57.5 Å². The van der Waals surface area contributed by atoms with Gasteiger partial charge in [0.25, 0.3) is 0 Å². The number of nitriles is 1. The second-order valence-electron chi connectivity index (χ2n) is 3.32. The van der Waals surface area contributed by atoms with Gasteiger partial charge in [-0.3, -0.25) is 0 Å². The molecule has 2 aromatic carbocycles. The zero-order valence-corrected chi connectivity index (χ0v) is 10.6. The molecule has 3 heteroatoms. The first-order chi connectivity index (χ1) is 7.70. The van der Waals surface area contributed by atoms with Crippen LogP contribution in [0.25, 0.3) is 11.1 Å². The summed E-state index contributed by atoms with van der Waals surface area (Å²) in [4.78, 5) is 0. The van der Waals surface area contributed by atoms with Gasteiger partial charge in [0.15, 0.2) is 0 Å². The summed E-state index contributed by atoms with van der Waals surface area (Å²) in [7, 11) is 0. The van der Waals surface area contributed by atoms with Gasteiger partial charge < -0.3 is 0 Å². The van der Waals surface area contributed by atoms with Crippen LogP contribution in [0.4, 0.5) is 0 Å². The summed E-state index contributed by atoms with van der Waals surface area (Å²) in [5, 5.41) is 9.38. The Labute approximate surface area is 107 Å². The standard InChI is InChI=1S/C13H7BrClN/c14-12-6-5-11(7-13(12)15)10-3-1-9(8-16)2-4-10/h1-7H. The number of hydrogen-bond donors (Lipinski definition) is 0. The minimum Gasteiger partial charge on any atom is -0.192 e. The third-order valence-corrected chi connectivity index (χ3v) is 3.50. The summed E-state index contributed by atoms with van der Waals surface area (Å²) < 4.78 is 0.881. The fourth-order valence-corrected chi connectivity index (χ4v) is 1.84. The predicted molar refractivity (Wildman–Crippen MR) is 69.3 cm³/mol. The first kappa shape index (κ1) is 11.2.